The van der Waals surface area contributed by atoms with Gasteiger partial charge in [0.1, 0.15) is 0 Å². The van der Waals surface area contributed by atoms with Crippen LogP contribution in [-0.2, 0) is 4.79 Å². The lowest BCUT2D eigenvalue weighted by Gasteiger charge is -2.10. The average Bonchev–Trinajstić information content (AvgIpc) is 3.21. The van der Waals surface area contributed by atoms with Gasteiger partial charge in [-0.2, -0.15) is 0 Å². The number of hydrogen-bond donors (Lipinski definition) is 1. The second-order valence-corrected chi connectivity index (χ2v) is 7.78. The number of anilines is 1. The number of methoxy groups -OCH3 is 1. The van der Waals surface area contributed by atoms with E-state index in [1.165, 1.54) is 28.5 Å². The van der Waals surface area contributed by atoms with Crippen molar-refractivity contribution < 1.29 is 14.3 Å². The highest BCUT2D eigenvalue weighted by Crippen LogP contribution is 2.29. The zero-order valence-corrected chi connectivity index (χ0v) is 18.5. The third kappa shape index (κ3) is 5.48. The van der Waals surface area contributed by atoms with Crippen LogP contribution in [0.5, 0.6) is 11.5 Å². The number of carbonyl (C=O) groups is 1. The zero-order valence-electron chi connectivity index (χ0n) is 17.7. The number of nitrogens with zero attached hydrogens (tertiary/aromatic N) is 1. The van der Waals surface area contributed by atoms with Gasteiger partial charge >= 0.3 is 0 Å². The van der Waals surface area contributed by atoms with Crippen molar-refractivity contribution in [3.05, 3.63) is 64.5 Å². The zero-order chi connectivity index (χ0) is 21.5. The van der Waals surface area contributed by atoms with Crippen LogP contribution in [-0.4, -0.2) is 24.6 Å². The Bertz CT molecular complexity index is 1060. The van der Waals surface area contributed by atoms with Crippen molar-refractivity contribution in [3.63, 3.8) is 0 Å². The van der Waals surface area contributed by atoms with Crippen molar-refractivity contribution in [2.45, 2.75) is 27.2 Å². The number of ether oxygens (including phenoxy) is 2. The molecule has 0 unspecified atom stereocenters. The topological polar surface area (TPSA) is 60.5 Å². The SMILES string of the molecule is CCCOc1ccc(C=CC(=O)Nc2nc(-c3ccc(C)c(C)c3)cs2)cc1OC. The second kappa shape index (κ2) is 10.1. The number of hydrogen-bond acceptors (Lipinski definition) is 5. The van der Waals surface area contributed by atoms with Gasteiger partial charge in [0, 0.05) is 17.0 Å². The molecule has 3 aromatic rings. The molecule has 0 saturated carbocycles. The van der Waals surface area contributed by atoms with Crippen LogP contribution in [0.25, 0.3) is 17.3 Å². The maximum Gasteiger partial charge on any atom is 0.250 e. The molecule has 0 radical (unpaired) electrons. The predicted octanol–water partition coefficient (Wildman–Crippen LogP) is 5.88. The highest BCUT2D eigenvalue weighted by Gasteiger charge is 2.08. The molecule has 3 rings (SSSR count). The van der Waals surface area contributed by atoms with E-state index < -0.39 is 0 Å². The van der Waals surface area contributed by atoms with Crippen LogP contribution < -0.4 is 14.8 Å². The Hall–Kier alpha value is -3.12. The standard InChI is InChI=1S/C24H26N2O3S/c1-5-12-29-21-10-7-18(14-22(21)28-4)8-11-23(27)26-24-25-20(15-30-24)19-9-6-16(2)17(3)13-19/h6-11,13-15H,5,12H2,1-4H3,(H,25,26,27). The van der Waals surface area contributed by atoms with Gasteiger partial charge in [0.05, 0.1) is 19.4 Å². The summed E-state index contributed by atoms with van der Waals surface area (Å²) in [5.74, 6) is 1.10. The van der Waals surface area contributed by atoms with E-state index in [-0.39, 0.29) is 5.91 Å². The Morgan fingerprint density at radius 2 is 1.97 bits per heavy atom. The van der Waals surface area contributed by atoms with Crippen molar-refractivity contribution >= 4 is 28.5 Å². The monoisotopic (exact) mass is 422 g/mol. The van der Waals surface area contributed by atoms with Crippen molar-refractivity contribution in [1.82, 2.24) is 4.98 Å². The van der Waals surface area contributed by atoms with E-state index in [9.17, 15) is 4.79 Å². The first-order chi connectivity index (χ1) is 14.5. The molecule has 1 amide bonds. The summed E-state index contributed by atoms with van der Waals surface area (Å²) in [6.07, 6.45) is 4.14. The van der Waals surface area contributed by atoms with Crippen LogP contribution in [0.3, 0.4) is 0 Å². The Kier molecular flexibility index (Phi) is 7.25. The first-order valence-electron chi connectivity index (χ1n) is 9.83. The predicted molar refractivity (Wildman–Crippen MR) is 123 cm³/mol. The van der Waals surface area contributed by atoms with E-state index in [4.69, 9.17) is 9.47 Å². The van der Waals surface area contributed by atoms with Crippen molar-refractivity contribution in [2.24, 2.45) is 0 Å². The summed E-state index contributed by atoms with van der Waals surface area (Å²) in [5.41, 5.74) is 5.21. The van der Waals surface area contributed by atoms with Gasteiger partial charge in [0.15, 0.2) is 16.6 Å². The molecule has 30 heavy (non-hydrogen) atoms. The van der Waals surface area contributed by atoms with Crippen LogP contribution in [0.4, 0.5) is 5.13 Å². The van der Waals surface area contributed by atoms with Gasteiger partial charge in [0.2, 0.25) is 5.91 Å². The number of aryl methyl sites for hydroxylation is 2. The van der Waals surface area contributed by atoms with Gasteiger partial charge in [0.25, 0.3) is 0 Å². The van der Waals surface area contributed by atoms with Gasteiger partial charge in [-0.05, 0) is 61.2 Å². The van der Waals surface area contributed by atoms with Gasteiger partial charge in [-0.1, -0.05) is 25.1 Å². The molecule has 0 aliphatic heterocycles. The maximum absolute atomic E-state index is 12.3. The molecule has 0 saturated heterocycles. The molecule has 0 atom stereocenters. The summed E-state index contributed by atoms with van der Waals surface area (Å²) in [5, 5.41) is 5.34. The number of aromatic nitrogens is 1. The van der Waals surface area contributed by atoms with Crippen LogP contribution >= 0.6 is 11.3 Å². The van der Waals surface area contributed by atoms with E-state index in [0.29, 0.717) is 23.2 Å². The lowest BCUT2D eigenvalue weighted by molar-refractivity contribution is -0.111. The largest absolute Gasteiger partial charge is 0.493 e. The molecular weight excluding hydrogens is 396 g/mol. The third-order valence-corrected chi connectivity index (χ3v) is 5.37. The molecule has 1 aromatic heterocycles. The number of rotatable bonds is 8. The quantitative estimate of drug-likeness (QED) is 0.461. The van der Waals surface area contributed by atoms with Crippen molar-refractivity contribution in [2.75, 3.05) is 19.0 Å². The van der Waals surface area contributed by atoms with Crippen LogP contribution in [0.15, 0.2) is 47.9 Å². The molecule has 156 valence electrons. The summed E-state index contributed by atoms with van der Waals surface area (Å²) < 4.78 is 11.0. The smallest absolute Gasteiger partial charge is 0.250 e. The van der Waals surface area contributed by atoms with Gasteiger partial charge in [-0.3, -0.25) is 10.1 Å². The number of thiazole rings is 1. The fourth-order valence-corrected chi connectivity index (χ4v) is 3.53. The highest BCUT2D eigenvalue weighted by molar-refractivity contribution is 7.14. The second-order valence-electron chi connectivity index (χ2n) is 6.92. The third-order valence-electron chi connectivity index (χ3n) is 4.61. The van der Waals surface area contributed by atoms with Crippen molar-refractivity contribution in [1.29, 1.82) is 0 Å². The summed E-state index contributed by atoms with van der Waals surface area (Å²) in [6.45, 7) is 6.84. The minimum absolute atomic E-state index is 0.235. The van der Waals surface area contributed by atoms with Crippen LogP contribution in [0, 0.1) is 13.8 Å². The van der Waals surface area contributed by atoms with E-state index in [1.54, 1.807) is 13.2 Å². The number of amides is 1. The molecule has 2 aromatic carbocycles. The number of nitrogens with one attached hydrogen (secondary N) is 1. The molecule has 1 heterocycles. The lowest BCUT2D eigenvalue weighted by atomic mass is 10.1. The fourth-order valence-electron chi connectivity index (χ4n) is 2.80. The lowest BCUT2D eigenvalue weighted by Crippen LogP contribution is -2.07. The first kappa shape index (κ1) is 21.6. The minimum atomic E-state index is -0.235. The molecule has 0 fully saturated rings. The molecule has 0 aliphatic carbocycles. The summed E-state index contributed by atoms with van der Waals surface area (Å²) >= 11 is 1.41. The Morgan fingerprint density at radius 3 is 2.70 bits per heavy atom. The van der Waals surface area contributed by atoms with Gasteiger partial charge in [-0.25, -0.2) is 4.98 Å². The summed E-state index contributed by atoms with van der Waals surface area (Å²) in [6, 6.07) is 11.8. The molecule has 6 heteroatoms. The highest BCUT2D eigenvalue weighted by atomic mass is 32.1. The van der Waals surface area contributed by atoms with Gasteiger partial charge in [-0.15, -0.1) is 11.3 Å². The van der Waals surface area contributed by atoms with E-state index >= 15 is 0 Å². The number of benzene rings is 2. The molecule has 1 N–H and O–H groups in total. The number of carbonyl (C=O) groups excluding carboxylic acids is 1. The summed E-state index contributed by atoms with van der Waals surface area (Å²) in [7, 11) is 1.60. The Balaban J connectivity index is 1.65. The Labute approximate surface area is 181 Å². The Morgan fingerprint density at radius 1 is 1.13 bits per heavy atom. The minimum Gasteiger partial charge on any atom is -0.493 e. The molecule has 0 aliphatic rings. The first-order valence-corrected chi connectivity index (χ1v) is 10.7. The molecule has 0 spiro atoms. The fraction of sp³-hybridized carbons (Fsp3) is 0.250. The van der Waals surface area contributed by atoms with E-state index in [0.717, 1.165) is 23.2 Å². The average molecular weight is 423 g/mol. The molecule has 5 nitrogen and oxygen atoms in total. The van der Waals surface area contributed by atoms with E-state index in [1.807, 2.05) is 29.6 Å². The molecule has 0 bridgehead atoms. The maximum atomic E-state index is 12.3. The van der Waals surface area contributed by atoms with Crippen molar-refractivity contribution in [3.8, 4) is 22.8 Å². The van der Waals surface area contributed by atoms with E-state index in [2.05, 4.69) is 43.2 Å². The van der Waals surface area contributed by atoms with Crippen LogP contribution in [0.2, 0.25) is 0 Å². The van der Waals surface area contributed by atoms with Gasteiger partial charge < -0.3 is 9.47 Å². The molecular formula is C24H26N2O3S. The van der Waals surface area contributed by atoms with Crippen LogP contribution in [0.1, 0.15) is 30.0 Å². The normalized spacial score (nSPS) is 10.9. The summed E-state index contributed by atoms with van der Waals surface area (Å²) in [4.78, 5) is 16.8.